The van der Waals surface area contributed by atoms with Crippen LogP contribution < -0.4 is 10.6 Å². The fraction of sp³-hybridized carbons (Fsp3) is 0.0625. The van der Waals surface area contributed by atoms with E-state index in [9.17, 15) is 23.9 Å². The zero-order chi connectivity index (χ0) is 17.5. The monoisotopic (exact) mass is 332 g/mol. The van der Waals surface area contributed by atoms with E-state index in [0.29, 0.717) is 0 Å². The summed E-state index contributed by atoms with van der Waals surface area (Å²) in [5, 5.41) is 13.5. The van der Waals surface area contributed by atoms with Crippen LogP contribution in [0, 0.1) is 5.82 Å². The lowest BCUT2D eigenvalue weighted by Crippen LogP contribution is -2.37. The highest BCUT2D eigenvalue weighted by Crippen LogP contribution is 2.16. The van der Waals surface area contributed by atoms with Gasteiger partial charge in [0.05, 0.1) is 5.69 Å². The molecule has 2 aromatic carbocycles. The van der Waals surface area contributed by atoms with Crippen LogP contribution in [0.4, 0.5) is 14.9 Å². The zero-order valence-electron chi connectivity index (χ0n) is 12.3. The Hall–Kier alpha value is -3.42. The Labute approximate surface area is 136 Å². The van der Waals surface area contributed by atoms with E-state index in [-0.39, 0.29) is 17.0 Å². The van der Waals surface area contributed by atoms with Gasteiger partial charge in [0, 0.05) is 0 Å². The van der Waals surface area contributed by atoms with Crippen LogP contribution in [0.5, 0.6) is 5.75 Å². The number of halogens is 1. The van der Waals surface area contributed by atoms with Gasteiger partial charge in [-0.15, -0.1) is 0 Å². The van der Waals surface area contributed by atoms with Crippen molar-refractivity contribution in [3.05, 3.63) is 59.9 Å². The van der Waals surface area contributed by atoms with Gasteiger partial charge < -0.3 is 15.2 Å². The van der Waals surface area contributed by atoms with E-state index in [1.165, 1.54) is 42.5 Å². The molecule has 8 heteroatoms. The standard InChI is InChI=1S/C16H13FN2O5/c17-11-6-2-3-7-12(11)18-16(23)19-14(21)9-24-15(22)10-5-1-4-8-13(10)20/h1-8,20H,9H2,(H2,18,19,21,23). The second-order valence-corrected chi connectivity index (χ2v) is 4.58. The normalized spacial score (nSPS) is 9.88. The van der Waals surface area contributed by atoms with Gasteiger partial charge in [0.25, 0.3) is 5.91 Å². The van der Waals surface area contributed by atoms with Gasteiger partial charge in [-0.2, -0.15) is 0 Å². The summed E-state index contributed by atoms with van der Waals surface area (Å²) < 4.78 is 18.0. The summed E-state index contributed by atoms with van der Waals surface area (Å²) in [6, 6.07) is 10.1. The first-order chi connectivity index (χ1) is 11.5. The van der Waals surface area contributed by atoms with Crippen molar-refractivity contribution in [2.45, 2.75) is 0 Å². The van der Waals surface area contributed by atoms with Crippen molar-refractivity contribution in [3.8, 4) is 5.75 Å². The van der Waals surface area contributed by atoms with E-state index >= 15 is 0 Å². The first-order valence-electron chi connectivity index (χ1n) is 6.78. The number of nitrogens with one attached hydrogen (secondary N) is 2. The molecular weight excluding hydrogens is 319 g/mol. The topological polar surface area (TPSA) is 105 Å². The minimum absolute atomic E-state index is 0.103. The van der Waals surface area contributed by atoms with Crippen LogP contribution in [0.2, 0.25) is 0 Å². The molecule has 3 amide bonds. The molecule has 0 aliphatic carbocycles. The van der Waals surface area contributed by atoms with Crippen molar-refractivity contribution in [1.82, 2.24) is 5.32 Å². The largest absolute Gasteiger partial charge is 0.507 e. The number of carbonyl (C=O) groups excluding carboxylic acids is 3. The van der Waals surface area contributed by atoms with Gasteiger partial charge in [-0.25, -0.2) is 14.0 Å². The average molecular weight is 332 g/mol. The van der Waals surface area contributed by atoms with Gasteiger partial charge in [-0.1, -0.05) is 24.3 Å². The number of phenols is 1. The molecule has 0 atom stereocenters. The number of ether oxygens (including phenoxy) is 1. The Kier molecular flexibility index (Phi) is 5.45. The quantitative estimate of drug-likeness (QED) is 0.743. The third-order valence-electron chi connectivity index (χ3n) is 2.83. The maximum Gasteiger partial charge on any atom is 0.342 e. The van der Waals surface area contributed by atoms with E-state index < -0.39 is 30.3 Å². The average Bonchev–Trinajstić information content (AvgIpc) is 2.55. The second kappa shape index (κ2) is 7.73. The van der Waals surface area contributed by atoms with Crippen LogP contribution in [-0.2, 0) is 9.53 Å². The fourth-order valence-corrected chi connectivity index (χ4v) is 1.73. The van der Waals surface area contributed by atoms with Crippen LogP contribution in [-0.4, -0.2) is 29.6 Å². The van der Waals surface area contributed by atoms with Crippen LogP contribution in [0.3, 0.4) is 0 Å². The summed E-state index contributed by atoms with van der Waals surface area (Å²) in [5.74, 6) is -2.78. The maximum absolute atomic E-state index is 13.3. The molecule has 0 fully saturated rings. The molecule has 0 aliphatic rings. The number of imide groups is 1. The molecule has 0 heterocycles. The SMILES string of the molecule is O=C(COC(=O)c1ccccc1O)NC(=O)Nc1ccccc1F. The summed E-state index contributed by atoms with van der Waals surface area (Å²) in [6.45, 7) is -0.738. The molecule has 0 aliphatic heterocycles. The minimum atomic E-state index is -0.969. The number of carbonyl (C=O) groups is 3. The molecule has 0 unspecified atom stereocenters. The molecule has 0 saturated heterocycles. The Morgan fingerprint density at radius 1 is 1.04 bits per heavy atom. The molecular formula is C16H13FN2O5. The van der Waals surface area contributed by atoms with E-state index in [2.05, 4.69) is 10.1 Å². The summed E-state index contributed by atoms with van der Waals surface area (Å²) in [7, 11) is 0. The van der Waals surface area contributed by atoms with Crippen molar-refractivity contribution in [3.63, 3.8) is 0 Å². The van der Waals surface area contributed by atoms with Crippen molar-refractivity contribution in [2.24, 2.45) is 0 Å². The van der Waals surface area contributed by atoms with Gasteiger partial charge >= 0.3 is 12.0 Å². The summed E-state index contributed by atoms with van der Waals surface area (Å²) >= 11 is 0. The third kappa shape index (κ3) is 4.54. The number of phenolic OH excluding ortho intramolecular Hbond substituents is 1. The highest BCUT2D eigenvalue weighted by Gasteiger charge is 2.15. The number of amides is 3. The Morgan fingerprint density at radius 2 is 1.71 bits per heavy atom. The van der Waals surface area contributed by atoms with E-state index in [1.807, 2.05) is 5.32 Å². The van der Waals surface area contributed by atoms with E-state index in [1.54, 1.807) is 0 Å². The second-order valence-electron chi connectivity index (χ2n) is 4.58. The van der Waals surface area contributed by atoms with Crippen molar-refractivity contribution < 1.29 is 28.6 Å². The lowest BCUT2D eigenvalue weighted by atomic mass is 10.2. The predicted octanol–water partition coefficient (Wildman–Crippen LogP) is 2.04. The van der Waals surface area contributed by atoms with Crippen LogP contribution in [0.1, 0.15) is 10.4 Å². The number of para-hydroxylation sites is 2. The van der Waals surface area contributed by atoms with Gasteiger partial charge in [-0.3, -0.25) is 10.1 Å². The van der Waals surface area contributed by atoms with Gasteiger partial charge in [0.15, 0.2) is 6.61 Å². The number of urea groups is 1. The smallest absolute Gasteiger partial charge is 0.342 e. The number of aromatic hydroxyl groups is 1. The van der Waals surface area contributed by atoms with E-state index in [4.69, 9.17) is 0 Å². The highest BCUT2D eigenvalue weighted by molar-refractivity contribution is 6.02. The maximum atomic E-state index is 13.3. The number of benzene rings is 2. The molecule has 2 aromatic rings. The Bertz CT molecular complexity index is 779. The predicted molar refractivity (Wildman–Crippen MR) is 82.0 cm³/mol. The molecule has 0 radical (unpaired) electrons. The summed E-state index contributed by atoms with van der Waals surface area (Å²) in [4.78, 5) is 34.8. The molecule has 0 bridgehead atoms. The highest BCUT2D eigenvalue weighted by atomic mass is 19.1. The van der Waals surface area contributed by atoms with Crippen LogP contribution in [0.25, 0.3) is 0 Å². The molecule has 2 rings (SSSR count). The molecule has 24 heavy (non-hydrogen) atoms. The van der Waals surface area contributed by atoms with Crippen molar-refractivity contribution >= 4 is 23.6 Å². The van der Waals surface area contributed by atoms with Gasteiger partial charge in [-0.05, 0) is 24.3 Å². The van der Waals surface area contributed by atoms with Crippen molar-refractivity contribution in [2.75, 3.05) is 11.9 Å². The number of hydrogen-bond donors (Lipinski definition) is 3. The Morgan fingerprint density at radius 3 is 2.42 bits per heavy atom. The lowest BCUT2D eigenvalue weighted by Gasteiger charge is -2.08. The molecule has 7 nitrogen and oxygen atoms in total. The first-order valence-corrected chi connectivity index (χ1v) is 6.78. The molecule has 0 saturated carbocycles. The molecule has 124 valence electrons. The fourth-order valence-electron chi connectivity index (χ4n) is 1.73. The van der Waals surface area contributed by atoms with E-state index in [0.717, 1.165) is 6.07 Å². The summed E-state index contributed by atoms with van der Waals surface area (Å²) in [5.41, 5.74) is -0.213. The first kappa shape index (κ1) is 16.9. The number of anilines is 1. The molecule has 0 spiro atoms. The zero-order valence-corrected chi connectivity index (χ0v) is 12.3. The molecule has 3 N–H and O–H groups in total. The van der Waals surface area contributed by atoms with Crippen LogP contribution >= 0.6 is 0 Å². The van der Waals surface area contributed by atoms with Gasteiger partial charge in [0.1, 0.15) is 17.1 Å². The summed E-state index contributed by atoms with van der Waals surface area (Å²) in [6.07, 6.45) is 0. The third-order valence-corrected chi connectivity index (χ3v) is 2.83. The lowest BCUT2D eigenvalue weighted by molar-refractivity contribution is -0.123. The number of hydrogen-bond acceptors (Lipinski definition) is 5. The van der Waals surface area contributed by atoms with Crippen LogP contribution in [0.15, 0.2) is 48.5 Å². The molecule has 0 aromatic heterocycles. The Balaban J connectivity index is 1.83. The number of rotatable bonds is 4. The van der Waals surface area contributed by atoms with Gasteiger partial charge in [0.2, 0.25) is 0 Å². The van der Waals surface area contributed by atoms with Crippen molar-refractivity contribution in [1.29, 1.82) is 0 Å². The minimum Gasteiger partial charge on any atom is -0.507 e. The number of esters is 1.